The first-order valence-electron chi connectivity index (χ1n) is 5.95. The van der Waals surface area contributed by atoms with E-state index in [2.05, 4.69) is 21.2 Å². The van der Waals surface area contributed by atoms with E-state index in [1.807, 2.05) is 25.1 Å². The number of likely N-dealkylation sites (N-methyl/N-ethyl adjacent to an activating group) is 1. The standard InChI is InChI=1S/C13H17BrN2O2/c1-9-3-4-10(14)7-11(9)16(2)13(17)12-8-15-5-6-18-12/h3-4,7,12,15H,5-6,8H2,1-2H3. The van der Waals surface area contributed by atoms with Gasteiger partial charge in [0.25, 0.3) is 5.91 Å². The first-order valence-corrected chi connectivity index (χ1v) is 6.75. The highest BCUT2D eigenvalue weighted by Crippen LogP contribution is 2.24. The van der Waals surface area contributed by atoms with E-state index in [0.29, 0.717) is 13.2 Å². The van der Waals surface area contributed by atoms with Crippen molar-refractivity contribution in [2.24, 2.45) is 0 Å². The van der Waals surface area contributed by atoms with E-state index in [0.717, 1.165) is 22.3 Å². The lowest BCUT2D eigenvalue weighted by atomic mass is 10.1. The number of hydrogen-bond acceptors (Lipinski definition) is 3. The lowest BCUT2D eigenvalue weighted by Gasteiger charge is -2.28. The number of aryl methyl sites for hydroxylation is 1. The van der Waals surface area contributed by atoms with Gasteiger partial charge in [0.2, 0.25) is 0 Å². The van der Waals surface area contributed by atoms with Crippen LogP contribution in [0.2, 0.25) is 0 Å². The number of carbonyl (C=O) groups excluding carboxylic acids is 1. The van der Waals surface area contributed by atoms with Crippen LogP contribution in [0.1, 0.15) is 5.56 Å². The van der Waals surface area contributed by atoms with E-state index in [-0.39, 0.29) is 12.0 Å². The SMILES string of the molecule is Cc1ccc(Br)cc1N(C)C(=O)C1CNCCO1. The third kappa shape index (κ3) is 2.91. The third-order valence-corrected chi connectivity index (χ3v) is 3.56. The van der Waals surface area contributed by atoms with E-state index < -0.39 is 0 Å². The van der Waals surface area contributed by atoms with Crippen LogP contribution < -0.4 is 10.2 Å². The van der Waals surface area contributed by atoms with E-state index in [1.165, 1.54) is 0 Å². The lowest BCUT2D eigenvalue weighted by Crippen LogP contribution is -2.48. The number of morpholine rings is 1. The summed E-state index contributed by atoms with van der Waals surface area (Å²) in [7, 11) is 1.79. The van der Waals surface area contributed by atoms with Crippen LogP contribution in [-0.2, 0) is 9.53 Å². The Balaban J connectivity index is 2.16. The molecule has 1 aromatic carbocycles. The van der Waals surface area contributed by atoms with Gasteiger partial charge in [0, 0.05) is 30.3 Å². The Bertz CT molecular complexity index is 445. The Hall–Kier alpha value is -0.910. The van der Waals surface area contributed by atoms with Crippen molar-refractivity contribution in [3.8, 4) is 0 Å². The quantitative estimate of drug-likeness (QED) is 0.904. The van der Waals surface area contributed by atoms with Gasteiger partial charge in [-0.2, -0.15) is 0 Å². The van der Waals surface area contributed by atoms with Crippen molar-refractivity contribution < 1.29 is 9.53 Å². The van der Waals surface area contributed by atoms with E-state index in [4.69, 9.17) is 4.74 Å². The molecule has 1 heterocycles. The summed E-state index contributed by atoms with van der Waals surface area (Å²) in [4.78, 5) is 14.0. The van der Waals surface area contributed by atoms with E-state index >= 15 is 0 Å². The molecule has 1 N–H and O–H groups in total. The van der Waals surface area contributed by atoms with Gasteiger partial charge in [-0.05, 0) is 24.6 Å². The van der Waals surface area contributed by atoms with Crippen LogP contribution in [0.4, 0.5) is 5.69 Å². The van der Waals surface area contributed by atoms with Gasteiger partial charge in [-0.3, -0.25) is 4.79 Å². The predicted octanol–water partition coefficient (Wildman–Crippen LogP) is 1.71. The van der Waals surface area contributed by atoms with Crippen molar-refractivity contribution in [3.05, 3.63) is 28.2 Å². The summed E-state index contributed by atoms with van der Waals surface area (Å²) in [6.07, 6.45) is -0.387. The molecule has 4 nitrogen and oxygen atoms in total. The van der Waals surface area contributed by atoms with Gasteiger partial charge >= 0.3 is 0 Å². The molecular formula is C13H17BrN2O2. The smallest absolute Gasteiger partial charge is 0.257 e. The zero-order chi connectivity index (χ0) is 13.1. The van der Waals surface area contributed by atoms with Crippen molar-refractivity contribution >= 4 is 27.5 Å². The van der Waals surface area contributed by atoms with Crippen molar-refractivity contribution in [2.45, 2.75) is 13.0 Å². The van der Waals surface area contributed by atoms with Crippen LogP contribution in [0.5, 0.6) is 0 Å². The van der Waals surface area contributed by atoms with Gasteiger partial charge in [-0.1, -0.05) is 22.0 Å². The maximum atomic E-state index is 12.3. The lowest BCUT2D eigenvalue weighted by molar-refractivity contribution is -0.131. The summed E-state index contributed by atoms with van der Waals surface area (Å²) < 4.78 is 6.45. The monoisotopic (exact) mass is 312 g/mol. The number of benzene rings is 1. The largest absolute Gasteiger partial charge is 0.366 e. The molecule has 1 atom stereocenters. The number of amides is 1. The van der Waals surface area contributed by atoms with Crippen LogP contribution in [0.25, 0.3) is 0 Å². The molecule has 0 saturated carbocycles. The summed E-state index contributed by atoms with van der Waals surface area (Å²) in [5, 5.41) is 3.17. The highest BCUT2D eigenvalue weighted by molar-refractivity contribution is 9.10. The molecule has 1 fully saturated rings. The highest BCUT2D eigenvalue weighted by Gasteiger charge is 2.26. The normalized spacial score (nSPS) is 19.6. The third-order valence-electron chi connectivity index (χ3n) is 3.07. The van der Waals surface area contributed by atoms with Crippen LogP contribution in [-0.4, -0.2) is 38.8 Å². The number of nitrogens with zero attached hydrogens (tertiary/aromatic N) is 1. The van der Waals surface area contributed by atoms with Gasteiger partial charge in [0.1, 0.15) is 6.10 Å². The molecule has 0 spiro atoms. The summed E-state index contributed by atoms with van der Waals surface area (Å²) >= 11 is 3.43. The fourth-order valence-corrected chi connectivity index (χ4v) is 2.35. The fourth-order valence-electron chi connectivity index (χ4n) is 2.00. The molecule has 1 amide bonds. The summed E-state index contributed by atoms with van der Waals surface area (Å²) in [6.45, 7) is 3.97. The van der Waals surface area contributed by atoms with E-state index in [9.17, 15) is 4.79 Å². The van der Waals surface area contributed by atoms with Gasteiger partial charge in [-0.15, -0.1) is 0 Å². The number of anilines is 1. The van der Waals surface area contributed by atoms with Crippen molar-refractivity contribution in [1.29, 1.82) is 0 Å². The summed E-state index contributed by atoms with van der Waals surface area (Å²) in [5.41, 5.74) is 1.97. The maximum absolute atomic E-state index is 12.3. The molecule has 1 unspecified atom stereocenters. The van der Waals surface area contributed by atoms with Crippen LogP contribution in [0.15, 0.2) is 22.7 Å². The number of ether oxygens (including phenoxy) is 1. The van der Waals surface area contributed by atoms with Crippen LogP contribution in [0, 0.1) is 6.92 Å². The molecule has 18 heavy (non-hydrogen) atoms. The molecule has 0 aromatic heterocycles. The first-order chi connectivity index (χ1) is 8.59. The number of halogens is 1. The zero-order valence-electron chi connectivity index (χ0n) is 10.6. The van der Waals surface area contributed by atoms with Gasteiger partial charge in [0.15, 0.2) is 0 Å². The minimum atomic E-state index is -0.387. The van der Waals surface area contributed by atoms with Crippen molar-refractivity contribution in [1.82, 2.24) is 5.32 Å². The molecule has 1 aliphatic rings. The molecule has 0 bridgehead atoms. The number of hydrogen-bond donors (Lipinski definition) is 1. The van der Waals surface area contributed by atoms with Gasteiger partial charge < -0.3 is 15.0 Å². The summed E-state index contributed by atoms with van der Waals surface area (Å²) in [6, 6.07) is 5.91. The number of nitrogens with one attached hydrogen (secondary N) is 1. The molecule has 2 rings (SSSR count). The molecule has 5 heteroatoms. The maximum Gasteiger partial charge on any atom is 0.257 e. The Morgan fingerprint density at radius 1 is 1.56 bits per heavy atom. The number of carbonyl (C=O) groups is 1. The average Bonchev–Trinajstić information content (AvgIpc) is 2.41. The molecular weight excluding hydrogens is 296 g/mol. The Morgan fingerprint density at radius 3 is 3.00 bits per heavy atom. The first kappa shape index (κ1) is 13.5. The van der Waals surface area contributed by atoms with Crippen LogP contribution >= 0.6 is 15.9 Å². The molecule has 1 aliphatic heterocycles. The molecule has 0 aliphatic carbocycles. The molecule has 98 valence electrons. The highest BCUT2D eigenvalue weighted by atomic mass is 79.9. The fraction of sp³-hybridized carbons (Fsp3) is 0.462. The zero-order valence-corrected chi connectivity index (χ0v) is 12.2. The molecule has 0 radical (unpaired) electrons. The van der Waals surface area contributed by atoms with E-state index in [1.54, 1.807) is 11.9 Å². The molecule has 1 saturated heterocycles. The van der Waals surface area contributed by atoms with Crippen molar-refractivity contribution in [2.75, 3.05) is 31.6 Å². The predicted molar refractivity (Wildman–Crippen MR) is 74.9 cm³/mol. The second-order valence-electron chi connectivity index (χ2n) is 4.39. The second-order valence-corrected chi connectivity index (χ2v) is 5.31. The average molecular weight is 313 g/mol. The van der Waals surface area contributed by atoms with Gasteiger partial charge in [0.05, 0.1) is 6.61 Å². The van der Waals surface area contributed by atoms with Crippen molar-refractivity contribution in [3.63, 3.8) is 0 Å². The molecule has 1 aromatic rings. The Morgan fingerprint density at radius 2 is 2.33 bits per heavy atom. The minimum Gasteiger partial charge on any atom is -0.366 e. The minimum absolute atomic E-state index is 0.0107. The van der Waals surface area contributed by atoms with Crippen LogP contribution in [0.3, 0.4) is 0 Å². The second kappa shape index (κ2) is 5.82. The van der Waals surface area contributed by atoms with Gasteiger partial charge in [-0.25, -0.2) is 0 Å². The Kier molecular flexibility index (Phi) is 4.37. The topological polar surface area (TPSA) is 41.6 Å². The number of rotatable bonds is 2. The Labute approximate surface area is 115 Å². The summed E-state index contributed by atoms with van der Waals surface area (Å²) in [5.74, 6) is -0.0107.